The summed E-state index contributed by atoms with van der Waals surface area (Å²) in [4.78, 5) is 11.5. The molecule has 94 valence electrons. The second-order valence-electron chi connectivity index (χ2n) is 4.96. The first kappa shape index (κ1) is 13.4. The molecule has 0 radical (unpaired) electrons. The molecule has 0 aliphatic carbocycles. The van der Waals surface area contributed by atoms with Crippen LogP contribution in [0, 0.1) is 0 Å². The van der Waals surface area contributed by atoms with E-state index < -0.39 is 11.7 Å². The fourth-order valence-corrected chi connectivity index (χ4v) is 1.33. The van der Waals surface area contributed by atoms with E-state index in [1.807, 2.05) is 27.7 Å². The van der Waals surface area contributed by atoms with E-state index in [1.54, 1.807) is 24.3 Å². The molecule has 1 atom stereocenters. The first-order valence-corrected chi connectivity index (χ1v) is 5.56. The van der Waals surface area contributed by atoms with Crippen LogP contribution >= 0.6 is 0 Å². The number of benzene rings is 1. The fourth-order valence-electron chi connectivity index (χ4n) is 1.33. The van der Waals surface area contributed by atoms with Gasteiger partial charge in [-0.05, 0) is 45.4 Å². The van der Waals surface area contributed by atoms with Gasteiger partial charge in [0.05, 0.1) is 6.04 Å². The molecule has 1 amide bonds. The molecule has 0 saturated heterocycles. The number of amides is 1. The van der Waals surface area contributed by atoms with Gasteiger partial charge < -0.3 is 15.2 Å². The number of rotatable bonds is 2. The number of nitrogens with one attached hydrogen (secondary N) is 1. The molecule has 2 N–H and O–H groups in total. The van der Waals surface area contributed by atoms with Crippen LogP contribution in [0.15, 0.2) is 24.3 Å². The van der Waals surface area contributed by atoms with E-state index in [1.165, 1.54) is 0 Å². The van der Waals surface area contributed by atoms with Gasteiger partial charge in [-0.15, -0.1) is 0 Å². The Morgan fingerprint density at radius 3 is 2.29 bits per heavy atom. The summed E-state index contributed by atoms with van der Waals surface area (Å²) < 4.78 is 5.15. The van der Waals surface area contributed by atoms with E-state index in [9.17, 15) is 4.79 Å². The highest BCUT2D eigenvalue weighted by molar-refractivity contribution is 5.68. The topological polar surface area (TPSA) is 58.6 Å². The first-order chi connectivity index (χ1) is 7.78. The van der Waals surface area contributed by atoms with Crippen LogP contribution in [0.4, 0.5) is 4.79 Å². The molecule has 0 fully saturated rings. The van der Waals surface area contributed by atoms with Crippen molar-refractivity contribution in [2.24, 2.45) is 0 Å². The number of ether oxygens (including phenoxy) is 1. The molecule has 0 saturated carbocycles. The van der Waals surface area contributed by atoms with Crippen molar-refractivity contribution in [3.63, 3.8) is 0 Å². The molecular formula is C13H19NO3. The molecule has 0 heterocycles. The van der Waals surface area contributed by atoms with Gasteiger partial charge in [-0.2, -0.15) is 0 Å². The predicted molar refractivity (Wildman–Crippen MR) is 65.9 cm³/mol. The van der Waals surface area contributed by atoms with E-state index in [-0.39, 0.29) is 11.8 Å². The number of alkyl carbamates (subject to hydrolysis) is 1. The van der Waals surface area contributed by atoms with Crippen molar-refractivity contribution in [3.05, 3.63) is 29.8 Å². The van der Waals surface area contributed by atoms with E-state index in [0.717, 1.165) is 5.56 Å². The van der Waals surface area contributed by atoms with Crippen LogP contribution in [0.1, 0.15) is 39.3 Å². The molecular weight excluding hydrogens is 218 g/mol. The van der Waals surface area contributed by atoms with Gasteiger partial charge in [0.25, 0.3) is 0 Å². The third kappa shape index (κ3) is 4.76. The largest absolute Gasteiger partial charge is 0.508 e. The number of aromatic hydroxyl groups is 1. The molecule has 0 spiro atoms. The maximum atomic E-state index is 11.5. The lowest BCUT2D eigenvalue weighted by molar-refractivity contribution is 0.0508. The van der Waals surface area contributed by atoms with Gasteiger partial charge in [-0.25, -0.2) is 4.79 Å². The van der Waals surface area contributed by atoms with Gasteiger partial charge in [0, 0.05) is 0 Å². The Morgan fingerprint density at radius 1 is 1.29 bits per heavy atom. The van der Waals surface area contributed by atoms with Crippen molar-refractivity contribution in [1.82, 2.24) is 5.32 Å². The maximum absolute atomic E-state index is 11.5. The van der Waals surface area contributed by atoms with Crippen molar-refractivity contribution in [2.75, 3.05) is 0 Å². The lowest BCUT2D eigenvalue weighted by Gasteiger charge is -2.22. The number of carbonyl (C=O) groups is 1. The lowest BCUT2D eigenvalue weighted by atomic mass is 10.1. The monoisotopic (exact) mass is 237 g/mol. The number of carbonyl (C=O) groups excluding carboxylic acids is 1. The highest BCUT2D eigenvalue weighted by atomic mass is 16.6. The summed E-state index contributed by atoms with van der Waals surface area (Å²) in [6.45, 7) is 7.31. The second kappa shape index (κ2) is 5.08. The Bertz CT molecular complexity index is 379. The molecule has 1 aromatic rings. The molecule has 1 unspecified atom stereocenters. The zero-order valence-corrected chi connectivity index (χ0v) is 10.7. The highest BCUT2D eigenvalue weighted by Gasteiger charge is 2.18. The van der Waals surface area contributed by atoms with E-state index >= 15 is 0 Å². The summed E-state index contributed by atoms with van der Waals surface area (Å²) in [5.74, 6) is 0.207. The Balaban J connectivity index is 2.57. The summed E-state index contributed by atoms with van der Waals surface area (Å²) >= 11 is 0. The van der Waals surface area contributed by atoms with Crippen LogP contribution in [0.3, 0.4) is 0 Å². The highest BCUT2D eigenvalue weighted by Crippen LogP contribution is 2.17. The second-order valence-corrected chi connectivity index (χ2v) is 4.96. The van der Waals surface area contributed by atoms with Gasteiger partial charge in [-0.1, -0.05) is 12.1 Å². The van der Waals surface area contributed by atoms with Gasteiger partial charge in [0.2, 0.25) is 0 Å². The first-order valence-electron chi connectivity index (χ1n) is 5.56. The smallest absolute Gasteiger partial charge is 0.408 e. The summed E-state index contributed by atoms with van der Waals surface area (Å²) in [7, 11) is 0. The molecule has 0 bridgehead atoms. The zero-order chi connectivity index (χ0) is 13.1. The molecule has 0 aliphatic rings. The van der Waals surface area contributed by atoms with Crippen LogP contribution in [0.25, 0.3) is 0 Å². The quantitative estimate of drug-likeness (QED) is 0.831. The average Bonchev–Trinajstić information content (AvgIpc) is 2.15. The fraction of sp³-hybridized carbons (Fsp3) is 0.462. The van der Waals surface area contributed by atoms with Gasteiger partial charge >= 0.3 is 6.09 Å². The summed E-state index contributed by atoms with van der Waals surface area (Å²) in [5.41, 5.74) is 0.410. The van der Waals surface area contributed by atoms with Crippen LogP contribution in [0.5, 0.6) is 5.75 Å². The standard InChI is InChI=1S/C13H19NO3/c1-9(10-5-7-11(15)8-6-10)14-12(16)17-13(2,3)4/h5-9,15H,1-4H3,(H,14,16). The van der Waals surface area contributed by atoms with Crippen molar-refractivity contribution in [2.45, 2.75) is 39.3 Å². The van der Waals surface area contributed by atoms with Crippen molar-refractivity contribution < 1.29 is 14.6 Å². The molecule has 4 heteroatoms. The summed E-state index contributed by atoms with van der Waals surface area (Å²) in [6.07, 6.45) is -0.446. The molecule has 0 aliphatic heterocycles. The van der Waals surface area contributed by atoms with Crippen molar-refractivity contribution >= 4 is 6.09 Å². The molecule has 0 aromatic heterocycles. The number of hydrogen-bond donors (Lipinski definition) is 2. The van der Waals surface area contributed by atoms with Crippen LogP contribution < -0.4 is 5.32 Å². The van der Waals surface area contributed by atoms with Crippen LogP contribution in [-0.4, -0.2) is 16.8 Å². The molecule has 4 nitrogen and oxygen atoms in total. The van der Waals surface area contributed by atoms with E-state index in [4.69, 9.17) is 9.84 Å². The van der Waals surface area contributed by atoms with Crippen molar-refractivity contribution in [3.8, 4) is 5.75 Å². The van der Waals surface area contributed by atoms with E-state index in [0.29, 0.717) is 0 Å². The predicted octanol–water partition coefficient (Wildman–Crippen LogP) is 2.98. The van der Waals surface area contributed by atoms with Crippen LogP contribution in [0.2, 0.25) is 0 Å². The Labute approximate surface area is 102 Å². The van der Waals surface area contributed by atoms with Crippen LogP contribution in [-0.2, 0) is 4.74 Å². The summed E-state index contributed by atoms with van der Waals surface area (Å²) in [5, 5.41) is 11.9. The minimum absolute atomic E-state index is 0.162. The third-order valence-electron chi connectivity index (χ3n) is 2.13. The van der Waals surface area contributed by atoms with Gasteiger partial charge in [0.15, 0.2) is 0 Å². The maximum Gasteiger partial charge on any atom is 0.408 e. The Morgan fingerprint density at radius 2 is 1.82 bits per heavy atom. The number of phenolic OH excluding ortho intramolecular Hbond substituents is 1. The minimum Gasteiger partial charge on any atom is -0.508 e. The molecule has 1 rings (SSSR count). The third-order valence-corrected chi connectivity index (χ3v) is 2.13. The number of phenols is 1. The lowest BCUT2D eigenvalue weighted by Crippen LogP contribution is -2.33. The normalized spacial score (nSPS) is 12.9. The van der Waals surface area contributed by atoms with Crippen molar-refractivity contribution in [1.29, 1.82) is 0 Å². The Hall–Kier alpha value is -1.71. The molecule has 1 aromatic carbocycles. The van der Waals surface area contributed by atoms with Gasteiger partial charge in [0.1, 0.15) is 11.4 Å². The van der Waals surface area contributed by atoms with E-state index in [2.05, 4.69) is 5.32 Å². The molecule has 17 heavy (non-hydrogen) atoms. The Kier molecular flexibility index (Phi) is 3.99. The number of hydrogen-bond acceptors (Lipinski definition) is 3. The zero-order valence-electron chi connectivity index (χ0n) is 10.7. The SMILES string of the molecule is CC(NC(=O)OC(C)(C)C)c1ccc(O)cc1. The average molecular weight is 237 g/mol. The van der Waals surface area contributed by atoms with Gasteiger partial charge in [-0.3, -0.25) is 0 Å². The minimum atomic E-state index is -0.501. The summed E-state index contributed by atoms with van der Waals surface area (Å²) in [6, 6.07) is 6.53.